The van der Waals surface area contributed by atoms with Gasteiger partial charge in [-0.15, -0.1) is 11.3 Å². The maximum atomic E-state index is 12.8. The summed E-state index contributed by atoms with van der Waals surface area (Å²) in [7, 11) is -3.45. The number of morpholine rings is 1. The van der Waals surface area contributed by atoms with E-state index in [1.54, 1.807) is 0 Å². The Kier molecular flexibility index (Phi) is 4.35. The van der Waals surface area contributed by atoms with Gasteiger partial charge in [0.05, 0.1) is 19.8 Å². The predicted molar refractivity (Wildman–Crippen MR) is 80.2 cm³/mol. The van der Waals surface area contributed by atoms with E-state index in [1.807, 2.05) is 18.4 Å². The third kappa shape index (κ3) is 3.01. The molecule has 8 heteroatoms. The predicted octanol–water partition coefficient (Wildman–Crippen LogP) is 0.436. The lowest BCUT2D eigenvalue weighted by atomic mass is 10.0. The van der Waals surface area contributed by atoms with Crippen LogP contribution >= 0.6 is 11.3 Å². The van der Waals surface area contributed by atoms with Gasteiger partial charge in [-0.1, -0.05) is 0 Å². The average molecular weight is 332 g/mol. The molecule has 1 N–H and O–H groups in total. The third-order valence-corrected chi connectivity index (χ3v) is 7.35. The largest absolute Gasteiger partial charge is 0.377 e. The SMILES string of the molecule is Cc1ccsc1S(=O)(=O)N1CCOC2(CNCCOC2)C1. The van der Waals surface area contributed by atoms with Gasteiger partial charge in [-0.3, -0.25) is 0 Å². The van der Waals surface area contributed by atoms with Crippen LogP contribution in [0.2, 0.25) is 0 Å². The van der Waals surface area contributed by atoms with Crippen LogP contribution in [-0.4, -0.2) is 64.3 Å². The molecule has 3 heterocycles. The highest BCUT2D eigenvalue weighted by Crippen LogP contribution is 2.29. The van der Waals surface area contributed by atoms with Gasteiger partial charge in [-0.05, 0) is 23.9 Å². The zero-order chi connectivity index (χ0) is 14.9. The van der Waals surface area contributed by atoms with E-state index < -0.39 is 15.6 Å². The van der Waals surface area contributed by atoms with Crippen molar-refractivity contribution in [3.63, 3.8) is 0 Å². The van der Waals surface area contributed by atoms with Gasteiger partial charge in [0.15, 0.2) is 0 Å². The molecule has 0 bridgehead atoms. The first-order valence-electron chi connectivity index (χ1n) is 7.00. The van der Waals surface area contributed by atoms with Gasteiger partial charge in [-0.25, -0.2) is 8.42 Å². The van der Waals surface area contributed by atoms with Crippen molar-refractivity contribution < 1.29 is 17.9 Å². The molecule has 3 rings (SSSR count). The summed E-state index contributed by atoms with van der Waals surface area (Å²) in [5.41, 5.74) is 0.225. The molecule has 2 aliphatic rings. The van der Waals surface area contributed by atoms with E-state index in [4.69, 9.17) is 9.47 Å². The molecule has 118 valence electrons. The van der Waals surface area contributed by atoms with Crippen molar-refractivity contribution in [3.05, 3.63) is 17.0 Å². The van der Waals surface area contributed by atoms with Crippen LogP contribution in [0.3, 0.4) is 0 Å². The van der Waals surface area contributed by atoms with Crippen LogP contribution in [0.25, 0.3) is 0 Å². The van der Waals surface area contributed by atoms with Crippen LogP contribution in [0.1, 0.15) is 5.56 Å². The maximum absolute atomic E-state index is 12.8. The fraction of sp³-hybridized carbons (Fsp3) is 0.692. The molecule has 1 unspecified atom stereocenters. The van der Waals surface area contributed by atoms with Crippen molar-refractivity contribution >= 4 is 21.4 Å². The number of rotatable bonds is 2. The molecule has 2 saturated heterocycles. The number of thiophene rings is 1. The molecule has 2 aliphatic heterocycles. The zero-order valence-corrected chi connectivity index (χ0v) is 13.6. The molecule has 1 aromatic heterocycles. The number of ether oxygens (including phenoxy) is 2. The van der Waals surface area contributed by atoms with Crippen LogP contribution in [0.5, 0.6) is 0 Å². The minimum absolute atomic E-state index is 0.333. The molecular formula is C13H20N2O4S2. The topological polar surface area (TPSA) is 67.9 Å². The van der Waals surface area contributed by atoms with Gasteiger partial charge in [0, 0.05) is 26.2 Å². The molecule has 1 spiro atoms. The highest BCUT2D eigenvalue weighted by atomic mass is 32.2. The molecule has 0 aromatic carbocycles. The van der Waals surface area contributed by atoms with E-state index in [2.05, 4.69) is 5.32 Å². The summed E-state index contributed by atoms with van der Waals surface area (Å²) in [6.07, 6.45) is 0. The fourth-order valence-electron chi connectivity index (χ4n) is 2.72. The zero-order valence-electron chi connectivity index (χ0n) is 12.0. The van der Waals surface area contributed by atoms with Crippen molar-refractivity contribution in [1.29, 1.82) is 0 Å². The highest BCUT2D eigenvalue weighted by molar-refractivity contribution is 7.91. The summed E-state index contributed by atoms with van der Waals surface area (Å²) in [5, 5.41) is 5.07. The lowest BCUT2D eigenvalue weighted by molar-refractivity contribution is -0.118. The first-order valence-corrected chi connectivity index (χ1v) is 9.32. The summed E-state index contributed by atoms with van der Waals surface area (Å²) in [6, 6.07) is 1.84. The Morgan fingerprint density at radius 2 is 2.29 bits per heavy atom. The molecule has 21 heavy (non-hydrogen) atoms. The first-order chi connectivity index (χ1) is 10.0. The summed E-state index contributed by atoms with van der Waals surface area (Å²) >= 11 is 1.27. The van der Waals surface area contributed by atoms with Gasteiger partial charge in [0.1, 0.15) is 9.81 Å². The molecule has 0 aliphatic carbocycles. The lowest BCUT2D eigenvalue weighted by Crippen LogP contribution is -2.59. The van der Waals surface area contributed by atoms with Crippen molar-refractivity contribution in [2.45, 2.75) is 16.7 Å². The van der Waals surface area contributed by atoms with Gasteiger partial charge in [-0.2, -0.15) is 4.31 Å². The monoisotopic (exact) mass is 332 g/mol. The van der Waals surface area contributed by atoms with Crippen LogP contribution < -0.4 is 5.32 Å². The standard InChI is InChI=1S/C13H20N2O4S2/c1-11-2-7-20-12(11)21(16,17)15-4-6-19-13(9-15)8-14-3-5-18-10-13/h2,7,14H,3-6,8-10H2,1H3. The number of nitrogens with one attached hydrogen (secondary N) is 1. The molecular weight excluding hydrogens is 312 g/mol. The van der Waals surface area contributed by atoms with Crippen molar-refractivity contribution in [3.8, 4) is 0 Å². The fourth-order valence-corrected chi connectivity index (χ4v) is 5.77. The first kappa shape index (κ1) is 15.4. The summed E-state index contributed by atoms with van der Waals surface area (Å²) in [5.74, 6) is 0. The smallest absolute Gasteiger partial charge is 0.252 e. The van der Waals surface area contributed by atoms with Crippen molar-refractivity contribution in [2.75, 3.05) is 46.0 Å². The molecule has 0 radical (unpaired) electrons. The Bertz CT molecular complexity index is 591. The number of hydrogen-bond acceptors (Lipinski definition) is 6. The second kappa shape index (κ2) is 5.94. The van der Waals surface area contributed by atoms with Gasteiger partial charge >= 0.3 is 0 Å². The molecule has 6 nitrogen and oxygen atoms in total. The van der Waals surface area contributed by atoms with E-state index in [-0.39, 0.29) is 0 Å². The Hall–Kier alpha value is -0.510. The van der Waals surface area contributed by atoms with E-state index in [1.165, 1.54) is 15.6 Å². The molecule has 1 atom stereocenters. The Labute approximate surface area is 129 Å². The van der Waals surface area contributed by atoms with Crippen LogP contribution in [-0.2, 0) is 19.5 Å². The Morgan fingerprint density at radius 1 is 1.43 bits per heavy atom. The molecule has 1 aromatic rings. The average Bonchev–Trinajstić information content (AvgIpc) is 2.78. The van der Waals surface area contributed by atoms with Gasteiger partial charge < -0.3 is 14.8 Å². The lowest BCUT2D eigenvalue weighted by Gasteiger charge is -2.40. The van der Waals surface area contributed by atoms with E-state index >= 15 is 0 Å². The minimum atomic E-state index is -3.45. The number of nitrogens with zero attached hydrogens (tertiary/aromatic N) is 1. The minimum Gasteiger partial charge on any atom is -0.377 e. The van der Waals surface area contributed by atoms with E-state index in [9.17, 15) is 8.42 Å². The van der Waals surface area contributed by atoms with Crippen molar-refractivity contribution in [2.24, 2.45) is 0 Å². The normalized spacial score (nSPS) is 28.6. The molecule has 0 amide bonds. The number of sulfonamides is 1. The number of aryl methyl sites for hydroxylation is 1. The third-order valence-electron chi connectivity index (χ3n) is 3.84. The van der Waals surface area contributed by atoms with Gasteiger partial charge in [0.2, 0.25) is 0 Å². The van der Waals surface area contributed by atoms with E-state index in [0.717, 1.165) is 12.1 Å². The van der Waals surface area contributed by atoms with Crippen molar-refractivity contribution in [1.82, 2.24) is 9.62 Å². The van der Waals surface area contributed by atoms with Crippen LogP contribution in [0.4, 0.5) is 0 Å². The quantitative estimate of drug-likeness (QED) is 0.851. The Balaban J connectivity index is 1.84. The number of hydrogen-bond donors (Lipinski definition) is 1. The second-order valence-corrected chi connectivity index (χ2v) is 8.54. The van der Waals surface area contributed by atoms with Crippen LogP contribution in [0.15, 0.2) is 15.7 Å². The Morgan fingerprint density at radius 3 is 3.05 bits per heavy atom. The van der Waals surface area contributed by atoms with Gasteiger partial charge in [0.25, 0.3) is 10.0 Å². The highest BCUT2D eigenvalue weighted by Gasteiger charge is 2.42. The summed E-state index contributed by atoms with van der Waals surface area (Å²) in [4.78, 5) is 0. The second-order valence-electron chi connectivity index (χ2n) is 5.49. The summed E-state index contributed by atoms with van der Waals surface area (Å²) in [6.45, 7) is 5.38. The van der Waals surface area contributed by atoms with Crippen LogP contribution in [0, 0.1) is 6.92 Å². The summed E-state index contributed by atoms with van der Waals surface area (Å²) < 4.78 is 39.0. The molecule has 0 saturated carbocycles. The molecule has 2 fully saturated rings. The maximum Gasteiger partial charge on any atom is 0.252 e. The van der Waals surface area contributed by atoms with E-state index in [0.29, 0.717) is 43.7 Å².